The van der Waals surface area contributed by atoms with Crippen LogP contribution in [-0.4, -0.2) is 24.1 Å². The summed E-state index contributed by atoms with van der Waals surface area (Å²) >= 11 is 1.82. The van der Waals surface area contributed by atoms with Crippen molar-refractivity contribution in [3.05, 3.63) is 29.3 Å². The first-order valence-electron chi connectivity index (χ1n) is 5.89. The van der Waals surface area contributed by atoms with Gasteiger partial charge in [0.1, 0.15) is 0 Å². The standard InChI is InChI=1S/C13H13F3N2S/c1-9-8-18(4-5-19-9)11-3-2-10(7-17)12(6-11)13(14,15)16/h2-3,6,9H,4-5,8H2,1H3. The Labute approximate surface area is 114 Å². The lowest BCUT2D eigenvalue weighted by atomic mass is 10.1. The first kappa shape index (κ1) is 14.1. The summed E-state index contributed by atoms with van der Waals surface area (Å²) in [7, 11) is 0. The lowest BCUT2D eigenvalue weighted by Crippen LogP contribution is -2.36. The first-order chi connectivity index (χ1) is 8.91. The normalized spacial score (nSPS) is 20.2. The highest BCUT2D eigenvalue weighted by Crippen LogP contribution is 2.35. The highest BCUT2D eigenvalue weighted by molar-refractivity contribution is 8.00. The monoisotopic (exact) mass is 286 g/mol. The van der Waals surface area contributed by atoms with Crippen molar-refractivity contribution < 1.29 is 13.2 Å². The number of rotatable bonds is 1. The van der Waals surface area contributed by atoms with Crippen LogP contribution in [0.5, 0.6) is 0 Å². The number of alkyl halides is 3. The van der Waals surface area contributed by atoms with Crippen molar-refractivity contribution in [1.29, 1.82) is 5.26 Å². The molecule has 0 amide bonds. The van der Waals surface area contributed by atoms with Gasteiger partial charge in [-0.05, 0) is 18.2 Å². The van der Waals surface area contributed by atoms with Gasteiger partial charge in [0, 0.05) is 29.8 Å². The van der Waals surface area contributed by atoms with Crippen molar-refractivity contribution in [2.24, 2.45) is 0 Å². The Morgan fingerprint density at radius 1 is 1.42 bits per heavy atom. The number of benzene rings is 1. The van der Waals surface area contributed by atoms with Crippen LogP contribution in [0, 0.1) is 11.3 Å². The minimum atomic E-state index is -4.49. The molecule has 1 aromatic carbocycles. The molecule has 1 aromatic rings. The minimum Gasteiger partial charge on any atom is -0.370 e. The van der Waals surface area contributed by atoms with Gasteiger partial charge in [0.25, 0.3) is 0 Å². The molecule has 0 radical (unpaired) electrons. The Hall–Kier alpha value is -1.35. The molecule has 0 N–H and O–H groups in total. The number of halogens is 3. The van der Waals surface area contributed by atoms with Gasteiger partial charge in [-0.3, -0.25) is 0 Å². The summed E-state index contributed by atoms with van der Waals surface area (Å²) in [6.07, 6.45) is -4.49. The molecule has 1 heterocycles. The van der Waals surface area contributed by atoms with Crippen molar-refractivity contribution in [2.45, 2.75) is 18.3 Å². The van der Waals surface area contributed by atoms with Crippen molar-refractivity contribution in [3.63, 3.8) is 0 Å². The van der Waals surface area contributed by atoms with Crippen LogP contribution in [0.1, 0.15) is 18.1 Å². The topological polar surface area (TPSA) is 27.0 Å². The van der Waals surface area contributed by atoms with Gasteiger partial charge in [-0.15, -0.1) is 0 Å². The number of thioether (sulfide) groups is 1. The van der Waals surface area contributed by atoms with E-state index in [0.29, 0.717) is 10.9 Å². The molecule has 6 heteroatoms. The Balaban J connectivity index is 2.35. The lowest BCUT2D eigenvalue weighted by Gasteiger charge is -2.32. The van der Waals surface area contributed by atoms with Crippen LogP contribution >= 0.6 is 11.8 Å². The number of anilines is 1. The summed E-state index contributed by atoms with van der Waals surface area (Å²) in [6.45, 7) is 3.53. The van der Waals surface area contributed by atoms with E-state index in [1.54, 1.807) is 12.1 Å². The van der Waals surface area contributed by atoms with Crippen molar-refractivity contribution in [3.8, 4) is 6.07 Å². The highest BCUT2D eigenvalue weighted by Gasteiger charge is 2.34. The van der Waals surface area contributed by atoms with Crippen LogP contribution in [0.15, 0.2) is 18.2 Å². The maximum absolute atomic E-state index is 12.9. The summed E-state index contributed by atoms with van der Waals surface area (Å²) in [5.41, 5.74) is -0.632. The average molecular weight is 286 g/mol. The molecule has 2 nitrogen and oxygen atoms in total. The first-order valence-corrected chi connectivity index (χ1v) is 6.94. The summed E-state index contributed by atoms with van der Waals surface area (Å²) in [4.78, 5) is 1.94. The van der Waals surface area contributed by atoms with Gasteiger partial charge in [-0.1, -0.05) is 6.92 Å². The third-order valence-corrected chi connectivity index (χ3v) is 4.17. The van der Waals surface area contributed by atoms with Gasteiger partial charge < -0.3 is 4.90 Å². The predicted octanol–water partition coefficient (Wildman–Crippen LogP) is 3.52. The number of nitriles is 1. The van der Waals surface area contributed by atoms with Crippen LogP contribution in [0.2, 0.25) is 0 Å². The average Bonchev–Trinajstić information content (AvgIpc) is 2.37. The van der Waals surface area contributed by atoms with Gasteiger partial charge in [0.15, 0.2) is 0 Å². The Kier molecular flexibility index (Phi) is 3.95. The molecule has 19 heavy (non-hydrogen) atoms. The molecule has 2 rings (SSSR count). The Morgan fingerprint density at radius 2 is 2.16 bits per heavy atom. The molecule has 102 valence electrons. The summed E-state index contributed by atoms with van der Waals surface area (Å²) in [5, 5.41) is 9.16. The number of hydrogen-bond acceptors (Lipinski definition) is 3. The van der Waals surface area contributed by atoms with Crippen LogP contribution < -0.4 is 4.90 Å². The molecule has 1 unspecified atom stereocenters. The smallest absolute Gasteiger partial charge is 0.370 e. The minimum absolute atomic E-state index is 0.323. The second kappa shape index (κ2) is 5.33. The van der Waals surface area contributed by atoms with E-state index in [1.165, 1.54) is 6.07 Å². The second-order valence-corrected chi connectivity index (χ2v) is 6.01. The predicted molar refractivity (Wildman–Crippen MR) is 70.3 cm³/mol. The molecule has 1 saturated heterocycles. The van der Waals surface area contributed by atoms with Crippen molar-refractivity contribution in [1.82, 2.24) is 0 Å². The summed E-state index contributed by atoms with van der Waals surface area (Å²) in [6, 6.07) is 5.53. The highest BCUT2D eigenvalue weighted by atomic mass is 32.2. The van der Waals surface area contributed by atoms with E-state index in [4.69, 9.17) is 5.26 Å². The van der Waals surface area contributed by atoms with Gasteiger partial charge in [-0.25, -0.2) is 0 Å². The number of nitrogens with zero attached hydrogens (tertiary/aromatic N) is 2. The van der Waals surface area contributed by atoms with E-state index in [2.05, 4.69) is 6.92 Å². The molecule has 1 aliphatic heterocycles. The summed E-state index contributed by atoms with van der Waals surface area (Å²) < 4.78 is 38.7. The second-order valence-electron chi connectivity index (χ2n) is 4.47. The van der Waals surface area contributed by atoms with E-state index in [9.17, 15) is 13.2 Å². The molecule has 0 saturated carbocycles. The van der Waals surface area contributed by atoms with E-state index in [1.807, 2.05) is 16.7 Å². The Bertz CT molecular complexity index is 508. The fourth-order valence-corrected chi connectivity index (χ4v) is 3.13. The molecule has 0 aromatic heterocycles. The van der Waals surface area contributed by atoms with Crippen LogP contribution in [-0.2, 0) is 6.18 Å². The lowest BCUT2D eigenvalue weighted by molar-refractivity contribution is -0.137. The molecule has 1 atom stereocenters. The van der Waals surface area contributed by atoms with Gasteiger partial charge in [-0.2, -0.15) is 30.2 Å². The molecule has 1 fully saturated rings. The van der Waals surface area contributed by atoms with Crippen LogP contribution in [0.25, 0.3) is 0 Å². The van der Waals surface area contributed by atoms with E-state index in [0.717, 1.165) is 24.9 Å². The zero-order chi connectivity index (χ0) is 14.0. The van der Waals surface area contributed by atoms with E-state index < -0.39 is 11.7 Å². The van der Waals surface area contributed by atoms with Gasteiger partial charge in [0.05, 0.1) is 17.2 Å². The SMILES string of the molecule is CC1CN(c2ccc(C#N)c(C(F)(F)F)c2)CCS1. The number of hydrogen-bond donors (Lipinski definition) is 0. The molecule has 0 aliphatic carbocycles. The van der Waals surface area contributed by atoms with Gasteiger partial charge in [0.2, 0.25) is 0 Å². The fourth-order valence-electron chi connectivity index (χ4n) is 2.11. The van der Waals surface area contributed by atoms with E-state index in [-0.39, 0.29) is 5.56 Å². The van der Waals surface area contributed by atoms with Crippen LogP contribution in [0.3, 0.4) is 0 Å². The zero-order valence-corrected chi connectivity index (χ0v) is 11.2. The Morgan fingerprint density at radius 3 is 2.74 bits per heavy atom. The molecular weight excluding hydrogens is 273 g/mol. The van der Waals surface area contributed by atoms with Crippen molar-refractivity contribution >= 4 is 17.4 Å². The summed E-state index contributed by atoms with van der Waals surface area (Å²) in [5.74, 6) is 0.905. The quantitative estimate of drug-likeness (QED) is 0.790. The maximum Gasteiger partial charge on any atom is 0.417 e. The van der Waals surface area contributed by atoms with Crippen molar-refractivity contribution in [2.75, 3.05) is 23.7 Å². The fraction of sp³-hybridized carbons (Fsp3) is 0.462. The largest absolute Gasteiger partial charge is 0.417 e. The molecule has 0 bridgehead atoms. The van der Waals surface area contributed by atoms with E-state index >= 15 is 0 Å². The third-order valence-electron chi connectivity index (χ3n) is 3.04. The maximum atomic E-state index is 12.9. The zero-order valence-electron chi connectivity index (χ0n) is 10.4. The molecule has 1 aliphatic rings. The van der Waals surface area contributed by atoms with Crippen LogP contribution in [0.4, 0.5) is 18.9 Å². The van der Waals surface area contributed by atoms with Gasteiger partial charge >= 0.3 is 6.18 Å². The molecular formula is C13H13F3N2S. The third kappa shape index (κ3) is 3.16. The molecule has 0 spiro atoms.